The van der Waals surface area contributed by atoms with E-state index in [1.54, 1.807) is 0 Å². The van der Waals surface area contributed by atoms with Crippen molar-refractivity contribution in [3.63, 3.8) is 0 Å². The highest BCUT2D eigenvalue weighted by Crippen LogP contribution is 2.23. The maximum atomic E-state index is 3.54. The molecule has 2 heteroatoms. The average Bonchev–Trinajstić information content (AvgIpc) is 2.36. The molecule has 1 aliphatic rings. The van der Waals surface area contributed by atoms with Crippen molar-refractivity contribution in [2.24, 2.45) is 0 Å². The maximum Gasteiger partial charge on any atom is 0.0411 e. The molecule has 106 valence electrons. The van der Waals surface area contributed by atoms with Crippen LogP contribution in [0.25, 0.3) is 0 Å². The molecule has 0 amide bonds. The lowest BCUT2D eigenvalue weighted by atomic mass is 10.1. The van der Waals surface area contributed by atoms with Gasteiger partial charge < -0.3 is 10.2 Å². The number of anilines is 1. The molecule has 0 atom stereocenters. The normalized spacial score (nSPS) is 17.3. The fourth-order valence-electron chi connectivity index (χ4n) is 2.77. The molecule has 0 aromatic heterocycles. The van der Waals surface area contributed by atoms with Gasteiger partial charge in [-0.2, -0.15) is 0 Å². The second-order valence-electron chi connectivity index (χ2n) is 5.92. The molecule has 0 bridgehead atoms. The smallest absolute Gasteiger partial charge is 0.0411 e. The van der Waals surface area contributed by atoms with Gasteiger partial charge in [0.1, 0.15) is 0 Å². The zero-order valence-corrected chi connectivity index (χ0v) is 12.5. The number of rotatable bonds is 4. The summed E-state index contributed by atoms with van der Waals surface area (Å²) in [6, 6.07) is 9.43. The van der Waals surface area contributed by atoms with E-state index in [4.69, 9.17) is 0 Å². The predicted octanol–water partition coefficient (Wildman–Crippen LogP) is 3.96. The minimum atomic E-state index is 0.542. The van der Waals surface area contributed by atoms with Crippen LogP contribution < -0.4 is 10.2 Å². The molecule has 1 aliphatic heterocycles. The molecule has 2 rings (SSSR count). The van der Waals surface area contributed by atoms with Crippen LogP contribution in [0, 0.1) is 0 Å². The first-order chi connectivity index (χ1) is 9.27. The van der Waals surface area contributed by atoms with Crippen molar-refractivity contribution in [2.75, 3.05) is 18.0 Å². The molecule has 1 saturated heterocycles. The van der Waals surface area contributed by atoms with Gasteiger partial charge in [0.05, 0.1) is 0 Å². The lowest BCUT2D eigenvalue weighted by molar-refractivity contribution is 0.552. The van der Waals surface area contributed by atoms with Crippen LogP contribution in [0.3, 0.4) is 0 Å². The van der Waals surface area contributed by atoms with E-state index in [2.05, 4.69) is 48.3 Å². The van der Waals surface area contributed by atoms with E-state index in [0.29, 0.717) is 6.04 Å². The quantitative estimate of drug-likeness (QED) is 0.881. The number of para-hydroxylation sites is 1. The van der Waals surface area contributed by atoms with Gasteiger partial charge in [0.25, 0.3) is 0 Å². The minimum Gasteiger partial charge on any atom is -0.371 e. The van der Waals surface area contributed by atoms with Crippen LogP contribution in [-0.4, -0.2) is 19.1 Å². The van der Waals surface area contributed by atoms with Crippen molar-refractivity contribution in [1.29, 1.82) is 0 Å². The first kappa shape index (κ1) is 14.4. The second-order valence-corrected chi connectivity index (χ2v) is 5.92. The van der Waals surface area contributed by atoms with E-state index in [-0.39, 0.29) is 0 Å². The van der Waals surface area contributed by atoms with Crippen molar-refractivity contribution in [1.82, 2.24) is 5.32 Å². The van der Waals surface area contributed by atoms with Crippen molar-refractivity contribution >= 4 is 5.69 Å². The van der Waals surface area contributed by atoms with Gasteiger partial charge in [0.2, 0.25) is 0 Å². The molecule has 1 N–H and O–H groups in total. The number of nitrogens with zero attached hydrogens (tertiary/aromatic N) is 1. The van der Waals surface area contributed by atoms with Gasteiger partial charge in [-0.05, 0) is 24.5 Å². The summed E-state index contributed by atoms with van der Waals surface area (Å²) < 4.78 is 0. The fraction of sp³-hybridized carbons (Fsp3) is 0.647. The maximum absolute atomic E-state index is 3.54. The Morgan fingerprint density at radius 2 is 1.63 bits per heavy atom. The summed E-state index contributed by atoms with van der Waals surface area (Å²) in [6.07, 6.45) is 6.88. The Hall–Kier alpha value is -1.02. The summed E-state index contributed by atoms with van der Waals surface area (Å²) in [5.74, 6) is 0. The molecule has 19 heavy (non-hydrogen) atoms. The highest BCUT2D eigenvalue weighted by atomic mass is 15.1. The molecule has 1 aromatic rings. The van der Waals surface area contributed by atoms with Gasteiger partial charge in [0.15, 0.2) is 0 Å². The van der Waals surface area contributed by atoms with Crippen molar-refractivity contribution in [3.05, 3.63) is 29.8 Å². The van der Waals surface area contributed by atoms with Crippen LogP contribution in [0.4, 0.5) is 5.69 Å². The molecule has 0 aliphatic carbocycles. The number of benzene rings is 1. The Kier molecular flexibility index (Phi) is 5.71. The summed E-state index contributed by atoms with van der Waals surface area (Å²) in [7, 11) is 0. The molecule has 0 radical (unpaired) electrons. The number of hydrogen-bond donors (Lipinski definition) is 1. The van der Waals surface area contributed by atoms with Crippen molar-refractivity contribution < 1.29 is 0 Å². The van der Waals surface area contributed by atoms with Crippen molar-refractivity contribution in [2.45, 2.75) is 58.5 Å². The molecular formula is C17H28N2. The van der Waals surface area contributed by atoms with E-state index >= 15 is 0 Å². The van der Waals surface area contributed by atoms with Crippen LogP contribution in [0.5, 0.6) is 0 Å². The molecule has 1 fully saturated rings. The zero-order chi connectivity index (χ0) is 13.5. The van der Waals surface area contributed by atoms with Crippen LogP contribution >= 0.6 is 0 Å². The Balaban J connectivity index is 2.08. The van der Waals surface area contributed by atoms with Crippen molar-refractivity contribution in [3.8, 4) is 0 Å². The Labute approximate surface area is 118 Å². The van der Waals surface area contributed by atoms with E-state index in [0.717, 1.165) is 6.54 Å². The molecular weight excluding hydrogens is 232 g/mol. The highest BCUT2D eigenvalue weighted by molar-refractivity contribution is 5.53. The predicted molar refractivity (Wildman–Crippen MR) is 83.7 cm³/mol. The minimum absolute atomic E-state index is 0.542. The second kappa shape index (κ2) is 7.54. The van der Waals surface area contributed by atoms with E-state index in [9.17, 15) is 0 Å². The van der Waals surface area contributed by atoms with Crippen LogP contribution in [0.1, 0.15) is 51.5 Å². The standard InChI is InChI=1S/C17H28N2/c1-15(2)18-14-16-10-6-7-11-17(16)19-12-8-4-3-5-9-13-19/h6-7,10-11,15,18H,3-5,8-9,12-14H2,1-2H3. The SMILES string of the molecule is CC(C)NCc1ccccc1N1CCCCCCC1. The molecule has 1 aromatic carbocycles. The van der Waals surface area contributed by atoms with Gasteiger partial charge >= 0.3 is 0 Å². The molecule has 1 heterocycles. The van der Waals surface area contributed by atoms with Gasteiger partial charge in [-0.3, -0.25) is 0 Å². The summed E-state index contributed by atoms with van der Waals surface area (Å²) in [4.78, 5) is 2.59. The zero-order valence-electron chi connectivity index (χ0n) is 12.5. The van der Waals surface area contributed by atoms with Crippen LogP contribution in [0.2, 0.25) is 0 Å². The van der Waals surface area contributed by atoms with Gasteiger partial charge in [-0.25, -0.2) is 0 Å². The molecule has 0 spiro atoms. The number of nitrogens with one attached hydrogen (secondary N) is 1. The topological polar surface area (TPSA) is 15.3 Å². The van der Waals surface area contributed by atoms with Crippen LogP contribution in [-0.2, 0) is 6.54 Å². The summed E-state index contributed by atoms with van der Waals surface area (Å²) in [5.41, 5.74) is 2.88. The highest BCUT2D eigenvalue weighted by Gasteiger charge is 2.12. The third-order valence-corrected chi connectivity index (χ3v) is 3.89. The van der Waals surface area contributed by atoms with Gasteiger partial charge in [-0.1, -0.05) is 51.3 Å². The first-order valence-corrected chi connectivity index (χ1v) is 7.83. The molecule has 2 nitrogen and oxygen atoms in total. The van der Waals surface area contributed by atoms with Gasteiger partial charge in [0, 0.05) is 31.4 Å². The fourth-order valence-corrected chi connectivity index (χ4v) is 2.77. The Morgan fingerprint density at radius 1 is 1.00 bits per heavy atom. The lowest BCUT2D eigenvalue weighted by Crippen LogP contribution is -2.29. The van der Waals surface area contributed by atoms with E-state index in [1.807, 2.05) is 0 Å². The van der Waals surface area contributed by atoms with E-state index < -0.39 is 0 Å². The Bertz CT molecular complexity index is 365. The van der Waals surface area contributed by atoms with E-state index in [1.165, 1.54) is 56.4 Å². The monoisotopic (exact) mass is 260 g/mol. The molecule has 0 saturated carbocycles. The third kappa shape index (κ3) is 4.54. The molecule has 0 unspecified atom stereocenters. The van der Waals surface area contributed by atoms with Gasteiger partial charge in [-0.15, -0.1) is 0 Å². The number of hydrogen-bond acceptors (Lipinski definition) is 2. The average molecular weight is 260 g/mol. The Morgan fingerprint density at radius 3 is 2.32 bits per heavy atom. The summed E-state index contributed by atoms with van der Waals surface area (Å²) in [5, 5.41) is 3.54. The lowest BCUT2D eigenvalue weighted by Gasteiger charge is -2.29. The first-order valence-electron chi connectivity index (χ1n) is 7.83. The third-order valence-electron chi connectivity index (χ3n) is 3.89. The van der Waals surface area contributed by atoms with Crippen LogP contribution in [0.15, 0.2) is 24.3 Å². The summed E-state index contributed by atoms with van der Waals surface area (Å²) >= 11 is 0. The largest absolute Gasteiger partial charge is 0.371 e. The summed E-state index contributed by atoms with van der Waals surface area (Å²) in [6.45, 7) is 7.83.